The molecule has 1 N–H and O–H groups in total. The summed E-state index contributed by atoms with van der Waals surface area (Å²) >= 11 is 0. The van der Waals surface area contributed by atoms with E-state index in [9.17, 15) is 0 Å². The Bertz CT molecular complexity index is 943. The van der Waals surface area contributed by atoms with Crippen LogP contribution in [-0.4, -0.2) is 50.6 Å². The number of halogens is 1. The first-order valence-corrected chi connectivity index (χ1v) is 10.6. The molecule has 7 nitrogen and oxygen atoms in total. The van der Waals surface area contributed by atoms with E-state index in [4.69, 9.17) is 4.99 Å². The molecule has 2 heterocycles. The van der Waals surface area contributed by atoms with Crippen molar-refractivity contribution in [2.75, 3.05) is 20.1 Å². The summed E-state index contributed by atoms with van der Waals surface area (Å²) in [6.45, 7) is 8.82. The van der Waals surface area contributed by atoms with Crippen molar-refractivity contribution < 1.29 is 0 Å². The van der Waals surface area contributed by atoms with E-state index >= 15 is 0 Å². The minimum Gasteiger partial charge on any atom is -0.357 e. The fourth-order valence-corrected chi connectivity index (χ4v) is 3.49. The predicted octanol–water partition coefficient (Wildman–Crippen LogP) is 3.99. The van der Waals surface area contributed by atoms with Gasteiger partial charge in [-0.2, -0.15) is 10.2 Å². The Hall–Kier alpha value is -2.36. The third-order valence-electron chi connectivity index (χ3n) is 4.96. The maximum Gasteiger partial charge on any atom is 0.193 e. The van der Waals surface area contributed by atoms with Gasteiger partial charge in [0.15, 0.2) is 5.96 Å². The normalized spacial score (nSPS) is 11.5. The first-order valence-electron chi connectivity index (χ1n) is 10.6. The average molecular weight is 535 g/mol. The maximum atomic E-state index is 4.85. The van der Waals surface area contributed by atoms with Gasteiger partial charge in [0, 0.05) is 57.9 Å². The lowest BCUT2D eigenvalue weighted by Crippen LogP contribution is -2.38. The van der Waals surface area contributed by atoms with E-state index in [1.165, 1.54) is 11.1 Å². The van der Waals surface area contributed by atoms with Crippen molar-refractivity contribution in [1.29, 1.82) is 0 Å². The van der Waals surface area contributed by atoms with E-state index in [-0.39, 0.29) is 24.0 Å². The summed E-state index contributed by atoms with van der Waals surface area (Å²) < 4.78 is 3.76. The van der Waals surface area contributed by atoms with Crippen LogP contribution in [-0.2, 0) is 20.0 Å². The van der Waals surface area contributed by atoms with E-state index in [2.05, 4.69) is 78.7 Å². The van der Waals surface area contributed by atoms with Crippen LogP contribution in [0.3, 0.4) is 0 Å². The Labute approximate surface area is 202 Å². The molecule has 31 heavy (non-hydrogen) atoms. The zero-order chi connectivity index (χ0) is 21.5. The summed E-state index contributed by atoms with van der Waals surface area (Å²) in [5, 5.41) is 12.3. The van der Waals surface area contributed by atoms with E-state index in [0.29, 0.717) is 5.92 Å². The molecule has 2 aromatic heterocycles. The van der Waals surface area contributed by atoms with Crippen molar-refractivity contribution in [3.8, 4) is 5.69 Å². The topological polar surface area (TPSA) is 63.3 Å². The van der Waals surface area contributed by atoms with Crippen molar-refractivity contribution in [1.82, 2.24) is 29.8 Å². The molecule has 8 heteroatoms. The van der Waals surface area contributed by atoms with Gasteiger partial charge in [0.25, 0.3) is 0 Å². The SMILES string of the molecule is CCNC(=NCCc1ccc(-n2cccn2)cc1)N(C)Cc1cn(C)nc1C(C)C.I. The molecule has 168 valence electrons. The lowest BCUT2D eigenvalue weighted by molar-refractivity contribution is 0.473. The highest BCUT2D eigenvalue weighted by molar-refractivity contribution is 14.0. The third kappa shape index (κ3) is 6.81. The number of aromatic nitrogens is 4. The van der Waals surface area contributed by atoms with Crippen LogP contribution in [0.1, 0.15) is 43.5 Å². The monoisotopic (exact) mass is 535 g/mol. The fourth-order valence-electron chi connectivity index (χ4n) is 3.49. The molecule has 0 amide bonds. The van der Waals surface area contributed by atoms with E-state index in [0.717, 1.165) is 43.4 Å². The van der Waals surface area contributed by atoms with Gasteiger partial charge in [-0.1, -0.05) is 26.0 Å². The minimum absolute atomic E-state index is 0. The molecule has 0 fully saturated rings. The first-order chi connectivity index (χ1) is 14.5. The predicted molar refractivity (Wildman–Crippen MR) is 137 cm³/mol. The fraction of sp³-hybridized carbons (Fsp3) is 0.435. The molecule has 0 bridgehead atoms. The molecule has 0 spiro atoms. The molecule has 0 unspecified atom stereocenters. The van der Waals surface area contributed by atoms with E-state index < -0.39 is 0 Å². The highest BCUT2D eigenvalue weighted by Crippen LogP contribution is 2.18. The van der Waals surface area contributed by atoms with Crippen molar-refractivity contribution >= 4 is 29.9 Å². The van der Waals surface area contributed by atoms with Crippen molar-refractivity contribution in [3.63, 3.8) is 0 Å². The van der Waals surface area contributed by atoms with Crippen molar-refractivity contribution in [2.45, 2.75) is 39.7 Å². The molecular weight excluding hydrogens is 501 g/mol. The van der Waals surface area contributed by atoms with Crippen LogP contribution in [0.25, 0.3) is 5.69 Å². The number of guanidine groups is 1. The van der Waals surface area contributed by atoms with Crippen LogP contribution in [0.2, 0.25) is 0 Å². The maximum absolute atomic E-state index is 4.85. The molecule has 0 radical (unpaired) electrons. The van der Waals surface area contributed by atoms with Gasteiger partial charge in [0.1, 0.15) is 0 Å². The lowest BCUT2D eigenvalue weighted by Gasteiger charge is -2.22. The standard InChI is InChI=1S/C23H33N7.HI/c1-6-24-23(28(4)16-20-17-29(5)27-22(20)18(2)3)25-14-12-19-8-10-21(11-9-19)30-15-7-13-26-30;/h7-11,13,15,17-18H,6,12,14,16H2,1-5H3,(H,24,25);1H. The summed E-state index contributed by atoms with van der Waals surface area (Å²) in [4.78, 5) is 7.02. The van der Waals surface area contributed by atoms with Gasteiger partial charge in [0.2, 0.25) is 0 Å². The van der Waals surface area contributed by atoms with Gasteiger partial charge in [-0.3, -0.25) is 9.67 Å². The Kier molecular flexibility index (Phi) is 9.54. The molecule has 3 rings (SSSR count). The molecule has 0 saturated carbocycles. The number of rotatable bonds is 8. The summed E-state index contributed by atoms with van der Waals surface area (Å²) in [5.41, 5.74) is 4.73. The van der Waals surface area contributed by atoms with Gasteiger partial charge in [0.05, 0.1) is 11.4 Å². The van der Waals surface area contributed by atoms with Crippen molar-refractivity contribution in [2.24, 2.45) is 12.0 Å². The van der Waals surface area contributed by atoms with Crippen LogP contribution in [0.4, 0.5) is 0 Å². The highest BCUT2D eigenvalue weighted by Gasteiger charge is 2.15. The number of hydrogen-bond acceptors (Lipinski definition) is 3. The van der Waals surface area contributed by atoms with Crippen LogP contribution in [0.5, 0.6) is 0 Å². The van der Waals surface area contributed by atoms with Gasteiger partial charge in [-0.25, -0.2) is 4.68 Å². The number of hydrogen-bond donors (Lipinski definition) is 1. The number of benzene rings is 1. The van der Waals surface area contributed by atoms with Gasteiger partial charge in [-0.15, -0.1) is 24.0 Å². The molecule has 0 aliphatic heterocycles. The largest absolute Gasteiger partial charge is 0.357 e. The molecule has 0 aliphatic carbocycles. The zero-order valence-electron chi connectivity index (χ0n) is 19.1. The van der Waals surface area contributed by atoms with E-state index in [1.54, 1.807) is 6.20 Å². The smallest absolute Gasteiger partial charge is 0.193 e. The summed E-state index contributed by atoms with van der Waals surface area (Å²) in [6.07, 6.45) is 6.74. The van der Waals surface area contributed by atoms with E-state index in [1.807, 2.05) is 28.7 Å². The molecule has 0 atom stereocenters. The Morgan fingerprint density at radius 2 is 1.97 bits per heavy atom. The second-order valence-corrected chi connectivity index (χ2v) is 7.83. The molecule has 0 aliphatic rings. The molecule has 3 aromatic rings. The van der Waals surface area contributed by atoms with Gasteiger partial charge >= 0.3 is 0 Å². The number of aryl methyl sites for hydroxylation is 1. The van der Waals surface area contributed by atoms with Gasteiger partial charge < -0.3 is 10.2 Å². The van der Waals surface area contributed by atoms with Crippen LogP contribution in [0.15, 0.2) is 53.9 Å². The number of nitrogens with zero attached hydrogens (tertiary/aromatic N) is 6. The van der Waals surface area contributed by atoms with Crippen LogP contribution in [0, 0.1) is 0 Å². The minimum atomic E-state index is 0. The zero-order valence-corrected chi connectivity index (χ0v) is 21.4. The first kappa shape index (κ1) is 24.9. The molecule has 0 saturated heterocycles. The Morgan fingerprint density at radius 3 is 2.58 bits per heavy atom. The average Bonchev–Trinajstić information content (AvgIpc) is 3.38. The second-order valence-electron chi connectivity index (χ2n) is 7.83. The lowest BCUT2D eigenvalue weighted by atomic mass is 10.1. The quantitative estimate of drug-likeness (QED) is 0.269. The third-order valence-corrected chi connectivity index (χ3v) is 4.96. The Balaban J connectivity index is 0.00000341. The number of nitrogens with one attached hydrogen (secondary N) is 1. The molecule has 1 aromatic carbocycles. The molecular formula is C23H34IN7. The van der Waals surface area contributed by atoms with Crippen molar-refractivity contribution in [3.05, 3.63) is 65.7 Å². The second kappa shape index (κ2) is 11.9. The summed E-state index contributed by atoms with van der Waals surface area (Å²) in [6, 6.07) is 10.4. The summed E-state index contributed by atoms with van der Waals surface area (Å²) in [7, 11) is 4.06. The summed E-state index contributed by atoms with van der Waals surface area (Å²) in [5.74, 6) is 1.32. The van der Waals surface area contributed by atoms with Gasteiger partial charge in [-0.05, 0) is 43.0 Å². The van der Waals surface area contributed by atoms with Crippen LogP contribution >= 0.6 is 24.0 Å². The Morgan fingerprint density at radius 1 is 1.23 bits per heavy atom. The highest BCUT2D eigenvalue weighted by atomic mass is 127. The van der Waals surface area contributed by atoms with Crippen LogP contribution < -0.4 is 5.32 Å². The number of aliphatic imine (C=N–C) groups is 1.